The zero-order valence-electron chi connectivity index (χ0n) is 14.1. The minimum Gasteiger partial charge on any atom is -0.506 e. The molecule has 8 nitrogen and oxygen atoms in total. The Labute approximate surface area is 153 Å². The molecule has 2 heterocycles. The van der Waals surface area contributed by atoms with Gasteiger partial charge in [0.05, 0.1) is 16.8 Å². The van der Waals surface area contributed by atoms with Crippen molar-refractivity contribution in [2.75, 3.05) is 10.2 Å². The Morgan fingerprint density at radius 1 is 1.07 bits per heavy atom. The van der Waals surface area contributed by atoms with Gasteiger partial charge in [-0.1, -0.05) is 17.3 Å². The topological polar surface area (TPSA) is 113 Å². The van der Waals surface area contributed by atoms with Crippen molar-refractivity contribution in [1.29, 1.82) is 0 Å². The zero-order valence-corrected chi connectivity index (χ0v) is 14.1. The van der Waals surface area contributed by atoms with Gasteiger partial charge in [-0.2, -0.15) is 0 Å². The molecule has 0 fully saturated rings. The first-order valence-electron chi connectivity index (χ1n) is 8.01. The lowest BCUT2D eigenvalue weighted by Crippen LogP contribution is -2.29. The van der Waals surface area contributed by atoms with Crippen molar-refractivity contribution in [2.45, 2.75) is 6.92 Å². The molecule has 4 rings (SSSR count). The maximum atomic E-state index is 12.7. The largest absolute Gasteiger partial charge is 0.506 e. The molecule has 0 bridgehead atoms. The lowest BCUT2D eigenvalue weighted by Gasteiger charge is -2.08. The lowest BCUT2D eigenvalue weighted by molar-refractivity contribution is 0.0923. The molecule has 2 N–H and O–H groups in total. The Bertz CT molecular complexity index is 1100. The number of phenolic OH excluding ortho intramolecular Hbond substituents is 1. The second-order valence-electron chi connectivity index (χ2n) is 5.97. The fraction of sp³-hybridized carbons (Fsp3) is 0.0526. The Balaban J connectivity index is 1.65. The summed E-state index contributed by atoms with van der Waals surface area (Å²) < 4.78 is 4.93. The molecular weight excluding hydrogens is 350 g/mol. The van der Waals surface area contributed by atoms with E-state index in [9.17, 15) is 19.5 Å². The molecule has 1 aliphatic heterocycles. The number of imide groups is 1. The number of nitrogens with one attached hydrogen (secondary N) is 1. The van der Waals surface area contributed by atoms with Gasteiger partial charge >= 0.3 is 0 Å². The van der Waals surface area contributed by atoms with Crippen molar-refractivity contribution in [3.05, 3.63) is 71.0 Å². The molecule has 1 aromatic heterocycles. The van der Waals surface area contributed by atoms with Crippen LogP contribution in [0.15, 0.2) is 53.1 Å². The van der Waals surface area contributed by atoms with Crippen molar-refractivity contribution in [3.8, 4) is 5.75 Å². The molecule has 0 unspecified atom stereocenters. The number of nitrogens with zero attached hydrogens (tertiary/aromatic N) is 2. The summed E-state index contributed by atoms with van der Waals surface area (Å²) in [6, 6.07) is 12.0. The number of fused-ring (bicyclic) bond motifs is 1. The molecule has 1 aliphatic rings. The van der Waals surface area contributed by atoms with E-state index in [1.54, 1.807) is 25.1 Å². The number of aryl methyl sites for hydroxylation is 1. The van der Waals surface area contributed by atoms with E-state index >= 15 is 0 Å². The minimum atomic E-state index is -0.583. The number of aromatic nitrogens is 1. The fourth-order valence-electron chi connectivity index (χ4n) is 2.82. The van der Waals surface area contributed by atoms with Crippen molar-refractivity contribution in [1.82, 2.24) is 5.16 Å². The van der Waals surface area contributed by atoms with Crippen LogP contribution in [0.1, 0.15) is 36.8 Å². The summed E-state index contributed by atoms with van der Waals surface area (Å²) in [4.78, 5) is 38.5. The number of carbonyl (C=O) groups is 3. The average Bonchev–Trinajstić information content (AvgIpc) is 3.18. The maximum absolute atomic E-state index is 12.7. The van der Waals surface area contributed by atoms with E-state index < -0.39 is 17.7 Å². The van der Waals surface area contributed by atoms with Crippen molar-refractivity contribution < 1.29 is 24.0 Å². The second kappa shape index (κ2) is 6.10. The van der Waals surface area contributed by atoms with E-state index in [1.807, 2.05) is 0 Å². The van der Waals surface area contributed by atoms with Gasteiger partial charge in [-0.3, -0.25) is 14.4 Å². The molecule has 0 aliphatic carbocycles. The van der Waals surface area contributed by atoms with E-state index in [-0.39, 0.29) is 33.9 Å². The summed E-state index contributed by atoms with van der Waals surface area (Å²) >= 11 is 0. The van der Waals surface area contributed by atoms with Gasteiger partial charge in [0.25, 0.3) is 17.7 Å². The Hall–Kier alpha value is -3.94. The molecule has 2 aromatic carbocycles. The standard InChI is InChI=1S/C19H13N3O5/c1-10-8-16(21-27-10)22-18(25)12-7-6-11(9-13(12)19(22)26)17(24)20-14-4-2-3-5-15(14)23/h2-9,23H,1H3,(H,20,24). The first kappa shape index (κ1) is 16.5. The predicted molar refractivity (Wildman–Crippen MR) is 94.9 cm³/mol. The van der Waals surface area contributed by atoms with Crippen molar-refractivity contribution >= 4 is 29.2 Å². The van der Waals surface area contributed by atoms with Crippen LogP contribution in [-0.4, -0.2) is 28.0 Å². The van der Waals surface area contributed by atoms with Crippen LogP contribution in [0.25, 0.3) is 0 Å². The quantitative estimate of drug-likeness (QED) is 0.546. The van der Waals surface area contributed by atoms with Gasteiger partial charge in [0, 0.05) is 11.6 Å². The van der Waals surface area contributed by atoms with Crippen LogP contribution in [0.2, 0.25) is 0 Å². The number of aromatic hydroxyl groups is 1. The first-order valence-corrected chi connectivity index (χ1v) is 8.01. The minimum absolute atomic E-state index is 0.0779. The summed E-state index contributed by atoms with van der Waals surface area (Å²) in [7, 11) is 0. The Morgan fingerprint density at radius 3 is 2.52 bits per heavy atom. The van der Waals surface area contributed by atoms with Crippen LogP contribution < -0.4 is 10.2 Å². The Kier molecular flexibility index (Phi) is 3.73. The monoisotopic (exact) mass is 363 g/mol. The molecule has 0 saturated heterocycles. The number of para-hydroxylation sites is 2. The molecular formula is C19H13N3O5. The van der Waals surface area contributed by atoms with Gasteiger partial charge in [-0.05, 0) is 37.3 Å². The normalized spacial score (nSPS) is 13.0. The summed E-state index contributed by atoms with van der Waals surface area (Å²) in [5, 5.41) is 16.0. The van der Waals surface area contributed by atoms with Gasteiger partial charge in [0.1, 0.15) is 11.5 Å². The predicted octanol–water partition coefficient (Wildman–Crippen LogP) is 2.74. The highest BCUT2D eigenvalue weighted by Gasteiger charge is 2.38. The number of hydrogen-bond donors (Lipinski definition) is 2. The van der Waals surface area contributed by atoms with Crippen molar-refractivity contribution in [3.63, 3.8) is 0 Å². The van der Waals surface area contributed by atoms with Crippen LogP contribution in [-0.2, 0) is 0 Å². The molecule has 3 aromatic rings. The van der Waals surface area contributed by atoms with E-state index in [0.717, 1.165) is 4.90 Å². The molecule has 3 amide bonds. The van der Waals surface area contributed by atoms with Gasteiger partial charge in [0.2, 0.25) is 0 Å². The third-order valence-electron chi connectivity index (χ3n) is 4.15. The van der Waals surface area contributed by atoms with Gasteiger partial charge in [-0.15, -0.1) is 0 Å². The van der Waals surface area contributed by atoms with E-state index in [0.29, 0.717) is 5.76 Å². The highest BCUT2D eigenvalue weighted by Crippen LogP contribution is 2.29. The van der Waals surface area contributed by atoms with Crippen LogP contribution in [0.4, 0.5) is 11.5 Å². The summed E-state index contributed by atoms with van der Waals surface area (Å²) in [5.41, 5.74) is 0.701. The van der Waals surface area contributed by atoms with Crippen LogP contribution >= 0.6 is 0 Å². The van der Waals surface area contributed by atoms with Gasteiger partial charge in [0.15, 0.2) is 5.82 Å². The maximum Gasteiger partial charge on any atom is 0.267 e. The number of benzene rings is 2. The number of amides is 3. The molecule has 0 radical (unpaired) electrons. The Morgan fingerprint density at radius 2 is 1.81 bits per heavy atom. The molecule has 0 saturated carbocycles. The molecule has 8 heteroatoms. The fourth-order valence-corrected chi connectivity index (χ4v) is 2.82. The van der Waals surface area contributed by atoms with Crippen molar-refractivity contribution in [2.24, 2.45) is 0 Å². The number of phenols is 1. The van der Waals surface area contributed by atoms with Gasteiger partial charge < -0.3 is 14.9 Å². The SMILES string of the molecule is Cc1cc(N2C(=O)c3ccc(C(=O)Nc4ccccc4O)cc3C2=O)no1. The molecule has 27 heavy (non-hydrogen) atoms. The second-order valence-corrected chi connectivity index (χ2v) is 5.97. The van der Waals surface area contributed by atoms with E-state index in [1.165, 1.54) is 30.3 Å². The lowest BCUT2D eigenvalue weighted by atomic mass is 10.1. The van der Waals surface area contributed by atoms with Gasteiger partial charge in [-0.25, -0.2) is 4.90 Å². The molecule has 0 atom stereocenters. The zero-order chi connectivity index (χ0) is 19.1. The van der Waals surface area contributed by atoms with E-state index in [4.69, 9.17) is 4.52 Å². The summed E-state index contributed by atoms with van der Waals surface area (Å²) in [5.74, 6) is -1.15. The average molecular weight is 363 g/mol. The summed E-state index contributed by atoms with van der Waals surface area (Å²) in [6.07, 6.45) is 0. The summed E-state index contributed by atoms with van der Waals surface area (Å²) in [6.45, 7) is 1.65. The van der Waals surface area contributed by atoms with Crippen LogP contribution in [0.5, 0.6) is 5.75 Å². The van der Waals surface area contributed by atoms with Crippen LogP contribution in [0, 0.1) is 6.92 Å². The smallest absolute Gasteiger partial charge is 0.267 e. The van der Waals surface area contributed by atoms with Crippen LogP contribution in [0.3, 0.4) is 0 Å². The highest BCUT2D eigenvalue weighted by atomic mass is 16.5. The number of rotatable bonds is 3. The van der Waals surface area contributed by atoms with E-state index in [2.05, 4.69) is 10.5 Å². The number of anilines is 2. The molecule has 134 valence electrons. The number of hydrogen-bond acceptors (Lipinski definition) is 6. The first-order chi connectivity index (χ1) is 13.0. The number of carbonyl (C=O) groups excluding carboxylic acids is 3. The molecule has 0 spiro atoms. The third kappa shape index (κ3) is 2.73. The third-order valence-corrected chi connectivity index (χ3v) is 4.15. The highest BCUT2D eigenvalue weighted by molar-refractivity contribution is 6.34.